The van der Waals surface area contributed by atoms with E-state index in [9.17, 15) is 9.59 Å². The summed E-state index contributed by atoms with van der Waals surface area (Å²) in [4.78, 5) is 20.0. The molecule has 2 N–H and O–H groups in total. The van der Waals surface area contributed by atoms with Crippen molar-refractivity contribution in [2.45, 2.75) is 12.8 Å². The lowest BCUT2D eigenvalue weighted by atomic mass is 10.4. The van der Waals surface area contributed by atoms with Gasteiger partial charge in [-0.15, -0.1) is 0 Å². The fraction of sp³-hybridized carbons (Fsp3) is 0.500. The highest BCUT2D eigenvalue weighted by molar-refractivity contribution is 5.92. The van der Waals surface area contributed by atoms with Crippen LogP contribution in [0.4, 0.5) is 0 Å². The Morgan fingerprint density at radius 3 is 1.56 bits per heavy atom. The molecule has 0 aromatic carbocycles. The van der Waals surface area contributed by atoms with Crippen molar-refractivity contribution in [1.29, 1.82) is 0 Å². The predicted octanol–water partition coefficient (Wildman–Crippen LogP) is -0.133. The van der Waals surface area contributed by atoms with Gasteiger partial charge in [-0.3, -0.25) is 20.1 Å². The fourth-order valence-corrected chi connectivity index (χ4v) is 0.433. The first-order valence-electron chi connectivity index (χ1n) is 2.22. The van der Waals surface area contributed by atoms with Crippen LogP contribution in [-0.2, 0) is 14.3 Å². The van der Waals surface area contributed by atoms with Crippen LogP contribution in [0.2, 0.25) is 0 Å². The molecule has 0 unspecified atom stereocenters. The van der Waals surface area contributed by atoms with Crippen molar-refractivity contribution in [2.24, 2.45) is 0 Å². The van der Waals surface area contributed by atoms with Gasteiger partial charge in [0.1, 0.15) is 0 Å². The van der Waals surface area contributed by atoms with Crippen molar-refractivity contribution in [1.82, 2.24) is 0 Å². The molecule has 0 radical (unpaired) electrons. The van der Waals surface area contributed by atoms with Crippen LogP contribution in [0.15, 0.2) is 0 Å². The van der Waals surface area contributed by atoms with Crippen molar-refractivity contribution in [3.05, 3.63) is 0 Å². The van der Waals surface area contributed by atoms with Gasteiger partial charge in [0.25, 0.3) is 0 Å². The van der Waals surface area contributed by atoms with Gasteiger partial charge in [0, 0.05) is 0 Å². The van der Waals surface area contributed by atoms with Crippen LogP contribution in [0.5, 0.6) is 0 Å². The van der Waals surface area contributed by atoms with Gasteiger partial charge >= 0.3 is 11.9 Å². The summed E-state index contributed by atoms with van der Waals surface area (Å²) < 4.78 is 4.08. The first-order chi connectivity index (χ1) is 4.29. The molecule has 1 heterocycles. The van der Waals surface area contributed by atoms with Crippen molar-refractivity contribution in [2.75, 3.05) is 0 Å². The molecule has 0 spiro atoms. The van der Waals surface area contributed by atoms with E-state index < -0.39 is 11.9 Å². The van der Waals surface area contributed by atoms with Crippen molar-refractivity contribution < 1.29 is 24.8 Å². The number of hydrogen-bond acceptors (Lipinski definition) is 5. The summed E-state index contributed by atoms with van der Waals surface area (Å²) in [6.07, 6.45) is 0.525. The van der Waals surface area contributed by atoms with Crippen LogP contribution >= 0.6 is 0 Å². The molecule has 5 heteroatoms. The van der Waals surface area contributed by atoms with E-state index in [2.05, 4.69) is 4.74 Å². The molecule has 0 aromatic heterocycles. The summed E-state index contributed by atoms with van der Waals surface area (Å²) in [5.41, 5.74) is 0. The largest absolute Gasteiger partial charge is 0.393 e. The maximum atomic E-state index is 10.0. The summed E-state index contributed by atoms with van der Waals surface area (Å²) in [6.45, 7) is 0. The van der Waals surface area contributed by atoms with Crippen LogP contribution in [0.25, 0.3) is 0 Å². The monoisotopic (exact) mass is 134 g/mol. The lowest BCUT2D eigenvalue weighted by molar-refractivity contribution is -0.176. The Labute approximate surface area is 50.8 Å². The van der Waals surface area contributed by atoms with Gasteiger partial charge in [-0.1, -0.05) is 0 Å². The number of rotatable bonds is 0. The molecular weight excluding hydrogens is 128 g/mol. The second-order valence-corrected chi connectivity index (χ2v) is 1.35. The Bertz CT molecular complexity index is 104. The lowest BCUT2D eigenvalue weighted by Crippen LogP contribution is -1.94. The predicted molar refractivity (Wildman–Crippen MR) is 25.6 cm³/mol. The second kappa shape index (κ2) is 3.99. The summed E-state index contributed by atoms with van der Waals surface area (Å²) in [5.74, 6) is -0.796. The molecule has 0 aliphatic carbocycles. The van der Waals surface area contributed by atoms with Gasteiger partial charge in [-0.05, 0) is 0 Å². The molecule has 0 saturated carbocycles. The van der Waals surface area contributed by atoms with Gasteiger partial charge in [0.2, 0.25) is 0 Å². The first-order valence-corrected chi connectivity index (χ1v) is 2.22. The molecule has 1 saturated heterocycles. The number of cyclic esters (lactones) is 2. The fourth-order valence-electron chi connectivity index (χ4n) is 0.433. The SMILES string of the molecule is O=C1CCC(=O)O1.OO. The molecule has 0 aromatic rings. The molecule has 1 aliphatic heterocycles. The highest BCUT2D eigenvalue weighted by Gasteiger charge is 2.19. The maximum absolute atomic E-state index is 10.0. The van der Waals surface area contributed by atoms with E-state index in [-0.39, 0.29) is 12.8 Å². The van der Waals surface area contributed by atoms with Gasteiger partial charge in [0.15, 0.2) is 0 Å². The average Bonchev–Trinajstić information content (AvgIpc) is 2.20. The number of esters is 2. The number of ether oxygens (including phenoxy) is 1. The summed E-state index contributed by atoms with van der Waals surface area (Å²) in [7, 11) is 0. The molecule has 0 amide bonds. The van der Waals surface area contributed by atoms with Gasteiger partial charge in [-0.2, -0.15) is 0 Å². The van der Waals surface area contributed by atoms with Crippen molar-refractivity contribution in [3.63, 3.8) is 0 Å². The van der Waals surface area contributed by atoms with E-state index in [1.165, 1.54) is 0 Å². The molecule has 0 bridgehead atoms. The third kappa shape index (κ3) is 2.78. The Hall–Kier alpha value is -0.940. The zero-order valence-corrected chi connectivity index (χ0v) is 4.53. The smallest absolute Gasteiger partial charge is 0.314 e. The zero-order chi connectivity index (χ0) is 7.28. The average molecular weight is 134 g/mol. The summed E-state index contributed by atoms with van der Waals surface area (Å²) in [5, 5.41) is 12.0. The normalized spacial score (nSPS) is 16.2. The van der Waals surface area contributed by atoms with Gasteiger partial charge < -0.3 is 4.74 Å². The first kappa shape index (κ1) is 8.06. The lowest BCUT2D eigenvalue weighted by Gasteiger charge is -1.79. The topological polar surface area (TPSA) is 83.8 Å². The van der Waals surface area contributed by atoms with E-state index in [4.69, 9.17) is 10.5 Å². The maximum Gasteiger partial charge on any atom is 0.314 e. The molecule has 9 heavy (non-hydrogen) atoms. The zero-order valence-electron chi connectivity index (χ0n) is 4.53. The minimum atomic E-state index is -0.398. The van der Waals surface area contributed by atoms with Crippen LogP contribution in [0, 0.1) is 0 Å². The van der Waals surface area contributed by atoms with Crippen LogP contribution in [0.1, 0.15) is 12.8 Å². The molecule has 0 atom stereocenters. The van der Waals surface area contributed by atoms with Crippen LogP contribution in [0.3, 0.4) is 0 Å². The number of carbonyl (C=O) groups is 2. The minimum Gasteiger partial charge on any atom is -0.393 e. The van der Waals surface area contributed by atoms with Crippen molar-refractivity contribution >= 4 is 11.9 Å². The molecule has 1 fully saturated rings. The van der Waals surface area contributed by atoms with E-state index in [1.54, 1.807) is 0 Å². The van der Waals surface area contributed by atoms with Crippen LogP contribution in [-0.4, -0.2) is 22.5 Å². The Morgan fingerprint density at radius 1 is 1.11 bits per heavy atom. The van der Waals surface area contributed by atoms with E-state index >= 15 is 0 Å². The highest BCUT2D eigenvalue weighted by Crippen LogP contribution is 2.03. The van der Waals surface area contributed by atoms with Gasteiger partial charge in [0.05, 0.1) is 12.8 Å². The van der Waals surface area contributed by atoms with E-state index in [0.717, 1.165) is 0 Å². The molecule has 52 valence electrons. The number of carbonyl (C=O) groups excluding carboxylic acids is 2. The van der Waals surface area contributed by atoms with E-state index in [0.29, 0.717) is 0 Å². The Balaban J connectivity index is 0.000000291. The quantitative estimate of drug-likeness (QED) is 0.208. The Kier molecular flexibility index (Phi) is 3.57. The summed E-state index contributed by atoms with van der Waals surface area (Å²) >= 11 is 0. The molecule has 1 rings (SSSR count). The summed E-state index contributed by atoms with van der Waals surface area (Å²) in [6, 6.07) is 0. The van der Waals surface area contributed by atoms with E-state index in [1.807, 2.05) is 0 Å². The highest BCUT2D eigenvalue weighted by atomic mass is 17.0. The number of hydrogen-bond donors (Lipinski definition) is 2. The minimum absolute atomic E-state index is 0.263. The van der Waals surface area contributed by atoms with Crippen molar-refractivity contribution in [3.8, 4) is 0 Å². The third-order valence-corrected chi connectivity index (χ3v) is 0.761. The van der Waals surface area contributed by atoms with Gasteiger partial charge in [-0.25, -0.2) is 0 Å². The Morgan fingerprint density at radius 2 is 1.44 bits per heavy atom. The van der Waals surface area contributed by atoms with Crippen LogP contribution < -0.4 is 0 Å². The third-order valence-electron chi connectivity index (χ3n) is 0.761. The molecule has 1 aliphatic rings. The second-order valence-electron chi connectivity index (χ2n) is 1.35. The molecular formula is C4H6O5. The standard InChI is InChI=1S/C4H4O3.H2O2/c5-3-1-2-4(6)7-3;1-2/h1-2H2;1-2H. The molecule has 5 nitrogen and oxygen atoms in total.